The second kappa shape index (κ2) is 7.92. The average Bonchev–Trinajstić information content (AvgIpc) is 3.08. The van der Waals surface area contributed by atoms with Crippen LogP contribution in [0.15, 0.2) is 54.6 Å². The highest BCUT2D eigenvalue weighted by Crippen LogP contribution is 2.42. The maximum absolute atomic E-state index is 6.90. The molecule has 2 aliphatic heterocycles. The first-order valence-corrected chi connectivity index (χ1v) is 11.5. The molecule has 162 valence electrons. The lowest BCUT2D eigenvalue weighted by molar-refractivity contribution is -0.0283. The van der Waals surface area contributed by atoms with E-state index in [1.165, 1.54) is 22.4 Å². The van der Waals surface area contributed by atoms with Crippen LogP contribution in [0.5, 0.6) is 0 Å². The molecular formula is C27H33N3O. The molecule has 1 saturated heterocycles. The highest BCUT2D eigenvalue weighted by Gasteiger charge is 2.38. The summed E-state index contributed by atoms with van der Waals surface area (Å²) in [6.07, 6.45) is 3.24. The predicted octanol–water partition coefficient (Wildman–Crippen LogP) is 5.35. The second-order valence-electron chi connectivity index (χ2n) is 9.81. The molecule has 1 aromatic heterocycles. The van der Waals surface area contributed by atoms with Crippen LogP contribution >= 0.6 is 0 Å². The van der Waals surface area contributed by atoms with Gasteiger partial charge < -0.3 is 14.2 Å². The largest absolute Gasteiger partial charge is 0.362 e. The third-order valence-corrected chi connectivity index (χ3v) is 6.98. The number of ether oxygens (including phenoxy) is 1. The molecule has 31 heavy (non-hydrogen) atoms. The molecule has 0 radical (unpaired) electrons. The second-order valence-corrected chi connectivity index (χ2v) is 9.81. The molecule has 3 aromatic rings. The minimum Gasteiger partial charge on any atom is -0.362 e. The van der Waals surface area contributed by atoms with Crippen molar-refractivity contribution in [3.8, 4) is 11.3 Å². The Hall–Kier alpha value is -2.43. The highest BCUT2D eigenvalue weighted by molar-refractivity contribution is 5.63. The summed E-state index contributed by atoms with van der Waals surface area (Å²) in [6.45, 7) is 9.05. The summed E-state index contributed by atoms with van der Waals surface area (Å²) in [7, 11) is 2.20. The minimum absolute atomic E-state index is 0.0829. The first kappa shape index (κ1) is 20.5. The fraction of sp³-hybridized carbons (Fsp3) is 0.444. The van der Waals surface area contributed by atoms with Gasteiger partial charge in [0.15, 0.2) is 0 Å². The number of aromatic nitrogens is 2. The third kappa shape index (κ3) is 3.72. The van der Waals surface area contributed by atoms with E-state index in [4.69, 9.17) is 9.72 Å². The number of benzene rings is 2. The third-order valence-electron chi connectivity index (χ3n) is 6.98. The Balaban J connectivity index is 1.65. The molecule has 0 spiro atoms. The van der Waals surface area contributed by atoms with Crippen molar-refractivity contribution >= 4 is 0 Å². The summed E-state index contributed by atoms with van der Waals surface area (Å²) in [4.78, 5) is 7.66. The van der Waals surface area contributed by atoms with Crippen molar-refractivity contribution in [2.45, 2.75) is 57.8 Å². The lowest BCUT2D eigenvalue weighted by Gasteiger charge is -2.32. The van der Waals surface area contributed by atoms with Gasteiger partial charge in [0.05, 0.1) is 11.8 Å². The van der Waals surface area contributed by atoms with E-state index in [1.807, 2.05) is 0 Å². The number of likely N-dealkylation sites (tertiary alicyclic amines) is 1. The minimum atomic E-state index is -0.137. The zero-order chi connectivity index (χ0) is 21.6. The first-order chi connectivity index (χ1) is 14.9. The topological polar surface area (TPSA) is 30.3 Å². The van der Waals surface area contributed by atoms with Gasteiger partial charge in [0, 0.05) is 29.9 Å². The van der Waals surface area contributed by atoms with Gasteiger partial charge in [-0.15, -0.1) is 0 Å². The van der Waals surface area contributed by atoms with Crippen molar-refractivity contribution in [3.05, 3.63) is 77.2 Å². The molecule has 1 atom stereocenters. The number of nitrogens with zero attached hydrogens (tertiary/aromatic N) is 3. The van der Waals surface area contributed by atoms with Crippen LogP contribution in [-0.2, 0) is 16.7 Å². The Bertz CT molecular complexity index is 1060. The molecule has 4 nitrogen and oxygen atoms in total. The standard InChI is InChI=1S/C27H33N3O/c1-19-24(20-10-6-5-7-11-20)28-26-25(31-22-14-16-29(4)17-15-22)23-13-9-8-12-21(23)18-27(2,3)30(19)26/h5-13,22,25H,14-18H2,1-4H3. The van der Waals surface area contributed by atoms with E-state index in [9.17, 15) is 0 Å². The van der Waals surface area contributed by atoms with Crippen LogP contribution < -0.4 is 0 Å². The Kier molecular flexibility index (Phi) is 5.23. The molecule has 0 aliphatic carbocycles. The summed E-state index contributed by atoms with van der Waals surface area (Å²) in [5, 5.41) is 0. The Morgan fingerprint density at radius 3 is 2.39 bits per heavy atom. The smallest absolute Gasteiger partial charge is 0.144 e. The molecule has 4 heteroatoms. The summed E-state index contributed by atoms with van der Waals surface area (Å²) >= 11 is 0. The molecule has 0 amide bonds. The first-order valence-electron chi connectivity index (χ1n) is 11.5. The Morgan fingerprint density at radius 1 is 0.968 bits per heavy atom. The van der Waals surface area contributed by atoms with E-state index in [0.29, 0.717) is 0 Å². The monoisotopic (exact) mass is 415 g/mol. The number of piperidine rings is 1. The lowest BCUT2D eigenvalue weighted by Crippen LogP contribution is -2.35. The molecule has 0 bridgehead atoms. The summed E-state index contributed by atoms with van der Waals surface area (Å²) in [6, 6.07) is 19.4. The van der Waals surface area contributed by atoms with Gasteiger partial charge >= 0.3 is 0 Å². The van der Waals surface area contributed by atoms with E-state index in [2.05, 4.69) is 91.9 Å². The predicted molar refractivity (Wildman–Crippen MR) is 125 cm³/mol. The molecule has 5 rings (SSSR count). The van der Waals surface area contributed by atoms with Crippen LogP contribution in [0.2, 0.25) is 0 Å². The molecule has 1 unspecified atom stereocenters. The maximum Gasteiger partial charge on any atom is 0.144 e. The zero-order valence-electron chi connectivity index (χ0n) is 19.1. The molecule has 2 aromatic carbocycles. The van der Waals surface area contributed by atoms with Crippen molar-refractivity contribution < 1.29 is 4.74 Å². The number of hydrogen-bond acceptors (Lipinski definition) is 3. The van der Waals surface area contributed by atoms with Crippen LogP contribution in [0.3, 0.4) is 0 Å². The van der Waals surface area contributed by atoms with Crippen LogP contribution in [0, 0.1) is 6.92 Å². The number of rotatable bonds is 3. The van der Waals surface area contributed by atoms with E-state index < -0.39 is 0 Å². The van der Waals surface area contributed by atoms with E-state index >= 15 is 0 Å². The SMILES string of the molecule is Cc1c(-c2ccccc2)nc2n1C(C)(C)Cc1ccccc1C2OC1CCN(C)CC1. The molecular weight excluding hydrogens is 382 g/mol. The van der Waals surface area contributed by atoms with Crippen molar-refractivity contribution in [2.24, 2.45) is 0 Å². The lowest BCUT2D eigenvalue weighted by atomic mass is 9.91. The van der Waals surface area contributed by atoms with E-state index in [0.717, 1.165) is 43.9 Å². The zero-order valence-corrected chi connectivity index (χ0v) is 19.1. The van der Waals surface area contributed by atoms with Gasteiger partial charge in [0.25, 0.3) is 0 Å². The Morgan fingerprint density at radius 2 is 1.65 bits per heavy atom. The van der Waals surface area contributed by atoms with Gasteiger partial charge in [-0.3, -0.25) is 0 Å². The van der Waals surface area contributed by atoms with Gasteiger partial charge in [-0.2, -0.15) is 0 Å². The molecule has 0 saturated carbocycles. The molecule has 2 aliphatic rings. The van der Waals surface area contributed by atoms with Gasteiger partial charge in [-0.25, -0.2) is 4.98 Å². The van der Waals surface area contributed by atoms with Crippen LogP contribution in [0.1, 0.15) is 55.4 Å². The Labute approximate surface area is 185 Å². The average molecular weight is 416 g/mol. The van der Waals surface area contributed by atoms with Crippen molar-refractivity contribution in [1.82, 2.24) is 14.5 Å². The number of imidazole rings is 1. The summed E-state index contributed by atoms with van der Waals surface area (Å²) in [5.74, 6) is 1.05. The number of hydrogen-bond donors (Lipinski definition) is 0. The van der Waals surface area contributed by atoms with Gasteiger partial charge in [-0.05, 0) is 58.2 Å². The van der Waals surface area contributed by atoms with Crippen LogP contribution in [-0.4, -0.2) is 40.7 Å². The molecule has 0 N–H and O–H groups in total. The fourth-order valence-electron chi connectivity index (χ4n) is 5.42. The van der Waals surface area contributed by atoms with Crippen LogP contribution in [0.25, 0.3) is 11.3 Å². The fourth-order valence-corrected chi connectivity index (χ4v) is 5.42. The van der Waals surface area contributed by atoms with Crippen molar-refractivity contribution in [3.63, 3.8) is 0 Å². The van der Waals surface area contributed by atoms with E-state index in [-0.39, 0.29) is 17.7 Å². The summed E-state index contributed by atoms with van der Waals surface area (Å²) in [5.41, 5.74) is 6.02. The van der Waals surface area contributed by atoms with Crippen molar-refractivity contribution in [1.29, 1.82) is 0 Å². The van der Waals surface area contributed by atoms with E-state index in [1.54, 1.807) is 0 Å². The molecule has 3 heterocycles. The van der Waals surface area contributed by atoms with Gasteiger partial charge in [0.2, 0.25) is 0 Å². The summed E-state index contributed by atoms with van der Waals surface area (Å²) < 4.78 is 9.35. The normalized spacial score (nSPS) is 21.4. The van der Waals surface area contributed by atoms with Crippen molar-refractivity contribution in [2.75, 3.05) is 20.1 Å². The highest BCUT2D eigenvalue weighted by atomic mass is 16.5. The number of fused-ring (bicyclic) bond motifs is 2. The van der Waals surface area contributed by atoms with Gasteiger partial charge in [-0.1, -0.05) is 54.6 Å². The van der Waals surface area contributed by atoms with Gasteiger partial charge in [0.1, 0.15) is 11.9 Å². The quantitative estimate of drug-likeness (QED) is 0.578. The van der Waals surface area contributed by atoms with Crippen LogP contribution in [0.4, 0.5) is 0 Å². The molecule has 1 fully saturated rings. The maximum atomic E-state index is 6.90.